The van der Waals surface area contributed by atoms with E-state index in [2.05, 4.69) is 15.5 Å². The van der Waals surface area contributed by atoms with E-state index in [0.29, 0.717) is 56.9 Å². The Kier molecular flexibility index (Phi) is 9.96. The Bertz CT molecular complexity index is 788. The van der Waals surface area contributed by atoms with Crippen LogP contribution in [0.4, 0.5) is 0 Å². The molecule has 0 bridgehead atoms. The third-order valence-corrected chi connectivity index (χ3v) is 3.94. The molecule has 0 unspecified atom stereocenters. The molecule has 0 aliphatic heterocycles. The van der Waals surface area contributed by atoms with Crippen LogP contribution in [0.15, 0.2) is 28.7 Å². The van der Waals surface area contributed by atoms with Crippen LogP contribution in [0.5, 0.6) is 5.75 Å². The molecule has 1 amide bonds. The highest BCUT2D eigenvalue weighted by Crippen LogP contribution is 2.23. The van der Waals surface area contributed by atoms with Crippen LogP contribution in [-0.2, 0) is 19.1 Å². The van der Waals surface area contributed by atoms with Crippen molar-refractivity contribution in [2.45, 2.75) is 33.1 Å². The van der Waals surface area contributed by atoms with Gasteiger partial charge in [-0.25, -0.2) is 0 Å². The zero-order chi connectivity index (χ0) is 21.8. The molecule has 1 N–H and O–H groups in total. The van der Waals surface area contributed by atoms with Crippen LogP contribution in [0, 0.1) is 0 Å². The van der Waals surface area contributed by atoms with Gasteiger partial charge in [0.1, 0.15) is 11.5 Å². The monoisotopic (exact) mass is 419 g/mol. The van der Waals surface area contributed by atoms with Gasteiger partial charge in [0.25, 0.3) is 5.91 Å². The SMILES string of the molecule is CC(=O)CCOCCOCCNC(=O)COc1ccc(-c2nnc(C(C)C)o2)cc1. The van der Waals surface area contributed by atoms with Crippen LogP contribution in [0.1, 0.15) is 39.0 Å². The minimum Gasteiger partial charge on any atom is -0.484 e. The Labute approximate surface area is 176 Å². The van der Waals surface area contributed by atoms with Gasteiger partial charge in [0, 0.05) is 24.4 Å². The number of ether oxygens (including phenoxy) is 3. The van der Waals surface area contributed by atoms with Crippen molar-refractivity contribution in [1.29, 1.82) is 0 Å². The molecular formula is C21H29N3O6. The maximum Gasteiger partial charge on any atom is 0.258 e. The Balaban J connectivity index is 1.58. The van der Waals surface area contributed by atoms with Gasteiger partial charge in [-0.3, -0.25) is 9.59 Å². The minimum atomic E-state index is -0.237. The Morgan fingerprint density at radius 1 is 1.03 bits per heavy atom. The number of carbonyl (C=O) groups is 2. The number of benzene rings is 1. The van der Waals surface area contributed by atoms with Crippen LogP contribution in [-0.4, -0.2) is 61.5 Å². The summed E-state index contributed by atoms with van der Waals surface area (Å²) in [5.74, 6) is 1.64. The fraction of sp³-hybridized carbons (Fsp3) is 0.524. The van der Waals surface area contributed by atoms with Crippen molar-refractivity contribution in [2.75, 3.05) is 39.6 Å². The Hall–Kier alpha value is -2.78. The molecule has 1 aromatic carbocycles. The van der Waals surface area contributed by atoms with Crippen molar-refractivity contribution in [3.63, 3.8) is 0 Å². The van der Waals surface area contributed by atoms with E-state index in [1.807, 2.05) is 13.8 Å². The zero-order valence-electron chi connectivity index (χ0n) is 17.7. The average molecular weight is 419 g/mol. The summed E-state index contributed by atoms with van der Waals surface area (Å²) in [5, 5.41) is 10.8. The van der Waals surface area contributed by atoms with E-state index in [1.54, 1.807) is 24.3 Å². The summed E-state index contributed by atoms with van der Waals surface area (Å²) in [6.45, 7) is 7.39. The number of ketones is 1. The third kappa shape index (κ3) is 8.71. The number of hydrogen-bond donors (Lipinski definition) is 1. The van der Waals surface area contributed by atoms with Gasteiger partial charge in [-0.1, -0.05) is 13.8 Å². The third-order valence-electron chi connectivity index (χ3n) is 3.94. The summed E-state index contributed by atoms with van der Waals surface area (Å²) in [4.78, 5) is 22.6. The number of amides is 1. The first-order valence-corrected chi connectivity index (χ1v) is 9.94. The molecule has 1 aromatic heterocycles. The van der Waals surface area contributed by atoms with Gasteiger partial charge in [0.05, 0.1) is 26.4 Å². The fourth-order valence-electron chi connectivity index (χ4n) is 2.28. The summed E-state index contributed by atoms with van der Waals surface area (Å²) in [6, 6.07) is 7.10. The number of hydrogen-bond acceptors (Lipinski definition) is 8. The van der Waals surface area contributed by atoms with Crippen LogP contribution >= 0.6 is 0 Å². The van der Waals surface area contributed by atoms with Crippen LogP contribution in [0.3, 0.4) is 0 Å². The number of Topliss-reactive ketones (excluding diaryl/α,β-unsaturated/α-hetero) is 1. The van der Waals surface area contributed by atoms with E-state index in [1.165, 1.54) is 6.92 Å². The van der Waals surface area contributed by atoms with E-state index in [4.69, 9.17) is 18.6 Å². The van der Waals surface area contributed by atoms with Gasteiger partial charge >= 0.3 is 0 Å². The largest absolute Gasteiger partial charge is 0.484 e. The molecule has 164 valence electrons. The maximum absolute atomic E-state index is 11.8. The molecule has 2 aromatic rings. The number of carbonyl (C=O) groups excluding carboxylic acids is 2. The highest BCUT2D eigenvalue weighted by Gasteiger charge is 2.11. The average Bonchev–Trinajstić information content (AvgIpc) is 3.22. The lowest BCUT2D eigenvalue weighted by Gasteiger charge is -2.08. The summed E-state index contributed by atoms with van der Waals surface area (Å²) in [7, 11) is 0. The molecule has 2 rings (SSSR count). The van der Waals surface area contributed by atoms with E-state index in [-0.39, 0.29) is 24.2 Å². The standard InChI is InChI=1S/C21H29N3O6/c1-15(2)20-23-24-21(30-20)17-4-6-18(7-5-17)29-14-19(26)22-9-11-28-13-12-27-10-8-16(3)25/h4-7,15H,8-14H2,1-3H3,(H,22,26). The van der Waals surface area contributed by atoms with E-state index < -0.39 is 0 Å². The van der Waals surface area contributed by atoms with Gasteiger partial charge in [-0.2, -0.15) is 0 Å². The minimum absolute atomic E-state index is 0.0917. The van der Waals surface area contributed by atoms with Gasteiger partial charge in [0.2, 0.25) is 11.8 Å². The first kappa shape index (κ1) is 23.5. The van der Waals surface area contributed by atoms with E-state index in [0.717, 1.165) is 5.56 Å². The topological polar surface area (TPSA) is 113 Å². The molecule has 0 fully saturated rings. The fourth-order valence-corrected chi connectivity index (χ4v) is 2.28. The first-order valence-electron chi connectivity index (χ1n) is 9.94. The Morgan fingerprint density at radius 2 is 1.73 bits per heavy atom. The van der Waals surface area contributed by atoms with Gasteiger partial charge in [0.15, 0.2) is 6.61 Å². The second-order valence-corrected chi connectivity index (χ2v) is 6.94. The molecule has 30 heavy (non-hydrogen) atoms. The number of rotatable bonds is 14. The number of nitrogens with one attached hydrogen (secondary N) is 1. The summed E-state index contributed by atoms with van der Waals surface area (Å²) in [6.07, 6.45) is 0.412. The second kappa shape index (κ2) is 12.7. The van der Waals surface area contributed by atoms with E-state index in [9.17, 15) is 9.59 Å². The quantitative estimate of drug-likeness (QED) is 0.464. The second-order valence-electron chi connectivity index (χ2n) is 6.94. The molecule has 0 atom stereocenters. The lowest BCUT2D eigenvalue weighted by Crippen LogP contribution is -2.31. The molecule has 0 saturated heterocycles. The molecular weight excluding hydrogens is 390 g/mol. The molecule has 1 heterocycles. The zero-order valence-corrected chi connectivity index (χ0v) is 17.7. The van der Waals surface area contributed by atoms with Gasteiger partial charge in [-0.15, -0.1) is 10.2 Å². The highest BCUT2D eigenvalue weighted by molar-refractivity contribution is 5.77. The maximum atomic E-state index is 11.8. The lowest BCUT2D eigenvalue weighted by molar-refractivity contribution is -0.123. The summed E-state index contributed by atoms with van der Waals surface area (Å²) >= 11 is 0. The van der Waals surface area contributed by atoms with Crippen molar-refractivity contribution in [1.82, 2.24) is 15.5 Å². The molecule has 9 nitrogen and oxygen atoms in total. The normalized spacial score (nSPS) is 10.9. The van der Waals surface area contributed by atoms with Gasteiger partial charge < -0.3 is 23.9 Å². The highest BCUT2D eigenvalue weighted by atomic mass is 16.5. The van der Waals surface area contributed by atoms with Crippen molar-refractivity contribution in [2.24, 2.45) is 0 Å². The van der Waals surface area contributed by atoms with E-state index >= 15 is 0 Å². The first-order chi connectivity index (χ1) is 14.5. The van der Waals surface area contributed by atoms with Crippen LogP contribution < -0.4 is 10.1 Å². The number of aromatic nitrogens is 2. The predicted molar refractivity (Wildman–Crippen MR) is 109 cm³/mol. The predicted octanol–water partition coefficient (Wildman–Crippen LogP) is 2.37. The smallest absolute Gasteiger partial charge is 0.258 e. The molecule has 0 spiro atoms. The summed E-state index contributed by atoms with van der Waals surface area (Å²) < 4.78 is 21.7. The van der Waals surface area contributed by atoms with Crippen molar-refractivity contribution in [3.8, 4) is 17.2 Å². The van der Waals surface area contributed by atoms with Crippen molar-refractivity contribution >= 4 is 11.7 Å². The number of nitrogens with zero attached hydrogens (tertiary/aromatic N) is 2. The molecule has 0 aliphatic carbocycles. The molecule has 0 radical (unpaired) electrons. The Morgan fingerprint density at radius 3 is 2.37 bits per heavy atom. The van der Waals surface area contributed by atoms with Crippen LogP contribution in [0.25, 0.3) is 11.5 Å². The molecule has 0 aliphatic rings. The van der Waals surface area contributed by atoms with Gasteiger partial charge in [-0.05, 0) is 31.2 Å². The summed E-state index contributed by atoms with van der Waals surface area (Å²) in [5.41, 5.74) is 0.786. The lowest BCUT2D eigenvalue weighted by atomic mass is 10.2. The molecule has 0 saturated carbocycles. The molecule has 9 heteroatoms. The van der Waals surface area contributed by atoms with Crippen LogP contribution in [0.2, 0.25) is 0 Å². The van der Waals surface area contributed by atoms with Crippen molar-refractivity contribution in [3.05, 3.63) is 30.2 Å². The van der Waals surface area contributed by atoms with Crippen molar-refractivity contribution < 1.29 is 28.2 Å².